The zero-order valence-corrected chi connectivity index (χ0v) is 16.0. The minimum absolute atomic E-state index is 0.217. The molecule has 2 N–H and O–H groups in total. The summed E-state index contributed by atoms with van der Waals surface area (Å²) < 4.78 is 11.6. The number of hydrogen-bond acceptors (Lipinski definition) is 3. The van der Waals surface area contributed by atoms with Crippen LogP contribution in [0.15, 0.2) is 54.6 Å². The SMILES string of the molecule is CC(C)c1ccccc1NC(=O)C(=O)N[C@@H](C[S@](C)=O)c1ccccc1. The minimum atomic E-state index is -1.12. The fourth-order valence-corrected chi connectivity index (χ4v) is 3.40. The van der Waals surface area contributed by atoms with E-state index < -0.39 is 28.7 Å². The van der Waals surface area contributed by atoms with Crippen molar-refractivity contribution in [1.29, 1.82) is 0 Å². The van der Waals surface area contributed by atoms with Gasteiger partial charge in [0.05, 0.1) is 6.04 Å². The van der Waals surface area contributed by atoms with Gasteiger partial charge in [0.2, 0.25) is 0 Å². The molecule has 5 nitrogen and oxygen atoms in total. The van der Waals surface area contributed by atoms with E-state index in [1.807, 2.05) is 62.4 Å². The standard InChI is InChI=1S/C20H24N2O3S/c1-14(2)16-11-7-8-12-17(16)21-19(23)20(24)22-18(13-26(3)25)15-9-5-4-6-10-15/h4-12,14,18H,13H2,1-3H3,(H,21,23)(H,22,24)/t18-,26-/m0/s1. The van der Waals surface area contributed by atoms with Crippen LogP contribution < -0.4 is 10.6 Å². The van der Waals surface area contributed by atoms with Crippen molar-refractivity contribution >= 4 is 28.3 Å². The molecule has 138 valence electrons. The summed E-state index contributed by atoms with van der Waals surface area (Å²) in [6, 6.07) is 16.1. The first-order valence-electron chi connectivity index (χ1n) is 8.44. The number of para-hydroxylation sites is 1. The van der Waals surface area contributed by atoms with Crippen LogP contribution in [0.4, 0.5) is 5.69 Å². The highest BCUT2D eigenvalue weighted by Crippen LogP contribution is 2.23. The van der Waals surface area contributed by atoms with Crippen LogP contribution in [0.1, 0.15) is 36.9 Å². The summed E-state index contributed by atoms with van der Waals surface area (Å²) in [7, 11) is -1.12. The summed E-state index contributed by atoms with van der Waals surface area (Å²) in [5.74, 6) is -1.02. The zero-order valence-electron chi connectivity index (χ0n) is 15.2. The summed E-state index contributed by atoms with van der Waals surface area (Å²) in [6.45, 7) is 4.04. The molecule has 0 saturated carbocycles. The van der Waals surface area contributed by atoms with Gasteiger partial charge in [-0.1, -0.05) is 62.4 Å². The first-order chi connectivity index (χ1) is 12.4. The van der Waals surface area contributed by atoms with E-state index in [0.717, 1.165) is 11.1 Å². The maximum absolute atomic E-state index is 12.4. The Morgan fingerprint density at radius 3 is 2.19 bits per heavy atom. The topological polar surface area (TPSA) is 75.3 Å². The van der Waals surface area contributed by atoms with Crippen LogP contribution in [-0.2, 0) is 20.4 Å². The second kappa shape index (κ2) is 9.29. The molecule has 0 aromatic heterocycles. The Balaban J connectivity index is 2.12. The molecular formula is C20H24N2O3S. The van der Waals surface area contributed by atoms with Crippen molar-refractivity contribution in [1.82, 2.24) is 5.32 Å². The third-order valence-corrected chi connectivity index (χ3v) is 4.75. The monoisotopic (exact) mass is 372 g/mol. The highest BCUT2D eigenvalue weighted by atomic mass is 32.2. The van der Waals surface area contributed by atoms with Gasteiger partial charge in [0, 0.05) is 28.5 Å². The van der Waals surface area contributed by atoms with Gasteiger partial charge in [-0.05, 0) is 23.1 Å². The van der Waals surface area contributed by atoms with Crippen molar-refractivity contribution in [2.24, 2.45) is 0 Å². The molecule has 26 heavy (non-hydrogen) atoms. The van der Waals surface area contributed by atoms with E-state index >= 15 is 0 Å². The Kier molecular flexibility index (Phi) is 7.09. The van der Waals surface area contributed by atoms with Gasteiger partial charge < -0.3 is 10.6 Å². The number of anilines is 1. The molecule has 2 aromatic rings. The molecule has 0 aliphatic heterocycles. The summed E-state index contributed by atoms with van der Waals surface area (Å²) in [5, 5.41) is 5.36. The van der Waals surface area contributed by atoms with E-state index in [-0.39, 0.29) is 11.7 Å². The lowest BCUT2D eigenvalue weighted by Gasteiger charge is -2.18. The van der Waals surface area contributed by atoms with Gasteiger partial charge in [-0.2, -0.15) is 0 Å². The molecule has 0 unspecified atom stereocenters. The minimum Gasteiger partial charge on any atom is -0.340 e. The molecule has 6 heteroatoms. The van der Waals surface area contributed by atoms with Gasteiger partial charge in [0.25, 0.3) is 0 Å². The van der Waals surface area contributed by atoms with E-state index in [1.54, 1.807) is 12.3 Å². The Labute approximate surface area is 156 Å². The third kappa shape index (κ3) is 5.52. The summed E-state index contributed by atoms with van der Waals surface area (Å²) in [4.78, 5) is 24.7. The quantitative estimate of drug-likeness (QED) is 0.766. The van der Waals surface area contributed by atoms with Crippen LogP contribution in [0.25, 0.3) is 0 Å². The number of carbonyl (C=O) groups is 2. The van der Waals surface area contributed by atoms with E-state index in [2.05, 4.69) is 10.6 Å². The zero-order chi connectivity index (χ0) is 19.1. The fraction of sp³-hybridized carbons (Fsp3) is 0.300. The number of nitrogens with one attached hydrogen (secondary N) is 2. The molecule has 0 saturated heterocycles. The van der Waals surface area contributed by atoms with Crippen molar-refractivity contribution in [3.05, 3.63) is 65.7 Å². The lowest BCUT2D eigenvalue weighted by molar-refractivity contribution is -0.136. The maximum atomic E-state index is 12.4. The smallest absolute Gasteiger partial charge is 0.313 e. The number of benzene rings is 2. The molecule has 2 amide bonds. The van der Waals surface area contributed by atoms with Crippen LogP contribution in [0.5, 0.6) is 0 Å². The van der Waals surface area contributed by atoms with E-state index in [4.69, 9.17) is 0 Å². The first kappa shape index (κ1) is 19.8. The third-order valence-electron chi connectivity index (χ3n) is 3.95. The van der Waals surface area contributed by atoms with Crippen molar-refractivity contribution in [2.75, 3.05) is 17.3 Å². The fourth-order valence-electron chi connectivity index (χ4n) is 2.66. The lowest BCUT2D eigenvalue weighted by Crippen LogP contribution is -2.39. The lowest BCUT2D eigenvalue weighted by atomic mass is 10.0. The normalized spacial score (nSPS) is 13.1. The second-order valence-electron chi connectivity index (χ2n) is 6.37. The van der Waals surface area contributed by atoms with Crippen LogP contribution in [0, 0.1) is 0 Å². The Morgan fingerprint density at radius 2 is 1.58 bits per heavy atom. The first-order valence-corrected chi connectivity index (χ1v) is 10.2. The molecule has 0 heterocycles. The average molecular weight is 372 g/mol. The number of carbonyl (C=O) groups excluding carboxylic acids is 2. The van der Waals surface area contributed by atoms with Gasteiger partial charge in [-0.15, -0.1) is 0 Å². The summed E-state index contributed by atoms with van der Waals surface area (Å²) in [5.41, 5.74) is 2.40. The molecule has 0 spiro atoms. The molecule has 2 atom stereocenters. The number of hydrogen-bond donors (Lipinski definition) is 2. The molecule has 0 fully saturated rings. The van der Waals surface area contributed by atoms with Crippen molar-refractivity contribution in [3.63, 3.8) is 0 Å². The molecule has 2 rings (SSSR count). The molecule has 0 radical (unpaired) electrons. The molecule has 2 aromatic carbocycles. The predicted octanol–water partition coefficient (Wildman–Crippen LogP) is 2.98. The average Bonchev–Trinajstić information content (AvgIpc) is 2.61. The predicted molar refractivity (Wildman–Crippen MR) is 105 cm³/mol. The van der Waals surface area contributed by atoms with Crippen molar-refractivity contribution in [3.8, 4) is 0 Å². The summed E-state index contributed by atoms with van der Waals surface area (Å²) >= 11 is 0. The van der Waals surface area contributed by atoms with Gasteiger partial charge in [-0.3, -0.25) is 13.8 Å². The molecule has 0 aliphatic rings. The Morgan fingerprint density at radius 1 is 0.962 bits per heavy atom. The highest BCUT2D eigenvalue weighted by molar-refractivity contribution is 7.84. The summed E-state index contributed by atoms with van der Waals surface area (Å²) in [6.07, 6.45) is 1.57. The number of amides is 2. The molecular weight excluding hydrogens is 348 g/mol. The Hall–Kier alpha value is -2.47. The van der Waals surface area contributed by atoms with Crippen LogP contribution in [0.2, 0.25) is 0 Å². The van der Waals surface area contributed by atoms with Crippen molar-refractivity contribution < 1.29 is 13.8 Å². The van der Waals surface area contributed by atoms with Gasteiger partial charge in [-0.25, -0.2) is 0 Å². The van der Waals surface area contributed by atoms with E-state index in [1.165, 1.54) is 0 Å². The maximum Gasteiger partial charge on any atom is 0.313 e. The van der Waals surface area contributed by atoms with Crippen molar-refractivity contribution in [2.45, 2.75) is 25.8 Å². The van der Waals surface area contributed by atoms with Gasteiger partial charge >= 0.3 is 11.8 Å². The van der Waals surface area contributed by atoms with E-state index in [0.29, 0.717) is 5.69 Å². The van der Waals surface area contributed by atoms with E-state index in [9.17, 15) is 13.8 Å². The second-order valence-corrected chi connectivity index (χ2v) is 7.85. The van der Waals surface area contributed by atoms with Crippen LogP contribution >= 0.6 is 0 Å². The largest absolute Gasteiger partial charge is 0.340 e. The van der Waals surface area contributed by atoms with Crippen LogP contribution in [-0.4, -0.2) is 28.0 Å². The number of rotatable bonds is 6. The Bertz CT molecular complexity index is 791. The van der Waals surface area contributed by atoms with Gasteiger partial charge in [0.1, 0.15) is 0 Å². The van der Waals surface area contributed by atoms with Crippen LogP contribution in [0.3, 0.4) is 0 Å². The molecule has 0 aliphatic carbocycles. The molecule has 0 bridgehead atoms. The van der Waals surface area contributed by atoms with Gasteiger partial charge in [0.15, 0.2) is 0 Å². The highest BCUT2D eigenvalue weighted by Gasteiger charge is 2.22.